The Morgan fingerprint density at radius 2 is 2.11 bits per heavy atom. The van der Waals surface area contributed by atoms with Crippen molar-refractivity contribution in [3.63, 3.8) is 0 Å². The molecule has 1 saturated carbocycles. The summed E-state index contributed by atoms with van der Waals surface area (Å²) < 4.78 is 10.5. The lowest BCUT2D eigenvalue weighted by Gasteiger charge is -2.29. The third kappa shape index (κ3) is 3.70. The average molecular weight is 254 g/mol. The van der Waals surface area contributed by atoms with Crippen molar-refractivity contribution >= 4 is 11.9 Å². The second-order valence-electron chi connectivity index (χ2n) is 4.85. The second-order valence-corrected chi connectivity index (χ2v) is 4.85. The molecule has 1 saturated heterocycles. The van der Waals surface area contributed by atoms with Crippen molar-refractivity contribution in [1.29, 1.82) is 0 Å². The number of carbonyl (C=O) groups is 1. The second kappa shape index (κ2) is 6.73. The number of carbonyl (C=O) groups excluding carboxylic acids is 1. The minimum Gasteiger partial charge on any atom is -0.448 e. The van der Waals surface area contributed by atoms with Gasteiger partial charge in [0.25, 0.3) is 0 Å². The first kappa shape index (κ1) is 13.3. The number of amides is 1. The lowest BCUT2D eigenvalue weighted by molar-refractivity contribution is 0.0668. The molecule has 0 unspecified atom stereocenters. The van der Waals surface area contributed by atoms with Crippen molar-refractivity contribution in [1.82, 2.24) is 4.90 Å². The summed E-state index contributed by atoms with van der Waals surface area (Å²) in [6.07, 6.45) is 3.94. The normalized spacial score (nSPS) is 21.6. The van der Waals surface area contributed by atoms with E-state index in [1.165, 1.54) is 19.3 Å². The van der Waals surface area contributed by atoms with Crippen LogP contribution in [0.3, 0.4) is 0 Å². The molecule has 0 aromatic heterocycles. The van der Waals surface area contributed by atoms with E-state index in [0.717, 1.165) is 25.3 Å². The van der Waals surface area contributed by atoms with Crippen LogP contribution in [0.15, 0.2) is 4.99 Å². The zero-order valence-electron chi connectivity index (χ0n) is 11.1. The van der Waals surface area contributed by atoms with E-state index in [0.29, 0.717) is 25.7 Å². The van der Waals surface area contributed by atoms with Gasteiger partial charge in [-0.25, -0.2) is 4.79 Å². The molecule has 0 aromatic carbocycles. The summed E-state index contributed by atoms with van der Waals surface area (Å²) >= 11 is 0. The molecule has 0 aromatic rings. The highest BCUT2D eigenvalue weighted by molar-refractivity contribution is 5.91. The van der Waals surface area contributed by atoms with E-state index in [1.54, 1.807) is 0 Å². The van der Waals surface area contributed by atoms with Crippen molar-refractivity contribution in [3.05, 3.63) is 0 Å². The Balaban J connectivity index is 1.80. The maximum atomic E-state index is 11.6. The summed E-state index contributed by atoms with van der Waals surface area (Å²) in [4.78, 5) is 17.8. The number of hydrogen-bond acceptors (Lipinski definition) is 3. The summed E-state index contributed by atoms with van der Waals surface area (Å²) in [6.45, 7) is 5.56. The van der Waals surface area contributed by atoms with Gasteiger partial charge in [-0.15, -0.1) is 0 Å². The van der Waals surface area contributed by atoms with Crippen LogP contribution in [0, 0.1) is 5.92 Å². The summed E-state index contributed by atoms with van der Waals surface area (Å²) in [6, 6.07) is 0. The van der Waals surface area contributed by atoms with Gasteiger partial charge in [0, 0.05) is 19.5 Å². The van der Waals surface area contributed by atoms with Crippen LogP contribution < -0.4 is 0 Å². The molecule has 0 atom stereocenters. The average Bonchev–Trinajstić information content (AvgIpc) is 2.35. The van der Waals surface area contributed by atoms with Crippen LogP contribution in [0.5, 0.6) is 0 Å². The van der Waals surface area contributed by atoms with Gasteiger partial charge in [0.1, 0.15) is 5.84 Å². The maximum Gasteiger partial charge on any atom is 0.435 e. The number of morpholine rings is 1. The van der Waals surface area contributed by atoms with Gasteiger partial charge in [-0.2, -0.15) is 4.99 Å². The molecule has 18 heavy (non-hydrogen) atoms. The van der Waals surface area contributed by atoms with E-state index >= 15 is 0 Å². The number of rotatable bonds is 3. The first-order valence-corrected chi connectivity index (χ1v) is 6.86. The van der Waals surface area contributed by atoms with E-state index in [-0.39, 0.29) is 0 Å². The quantitative estimate of drug-likeness (QED) is 0.571. The van der Waals surface area contributed by atoms with Gasteiger partial charge in [0.15, 0.2) is 0 Å². The Morgan fingerprint density at radius 3 is 2.67 bits per heavy atom. The minimum absolute atomic E-state index is 0.440. The number of nitrogens with zero attached hydrogens (tertiary/aromatic N) is 2. The maximum absolute atomic E-state index is 11.6. The topological polar surface area (TPSA) is 51.1 Å². The molecule has 1 heterocycles. The summed E-state index contributed by atoms with van der Waals surface area (Å²) in [5, 5.41) is 0. The molecule has 2 fully saturated rings. The zero-order valence-corrected chi connectivity index (χ0v) is 11.1. The molecule has 102 valence electrons. The summed E-state index contributed by atoms with van der Waals surface area (Å²) in [5.74, 6) is 1.38. The monoisotopic (exact) mass is 254 g/mol. The van der Waals surface area contributed by atoms with Crippen LogP contribution in [-0.4, -0.2) is 49.7 Å². The van der Waals surface area contributed by atoms with Gasteiger partial charge in [-0.3, -0.25) is 0 Å². The third-order valence-corrected chi connectivity index (χ3v) is 3.58. The Labute approximate surface area is 108 Å². The number of hydrogen-bond donors (Lipinski definition) is 0. The van der Waals surface area contributed by atoms with Crippen molar-refractivity contribution in [2.75, 3.05) is 32.9 Å². The van der Waals surface area contributed by atoms with Crippen LogP contribution in [-0.2, 0) is 9.47 Å². The van der Waals surface area contributed by atoms with Gasteiger partial charge < -0.3 is 14.4 Å². The molecule has 5 heteroatoms. The molecule has 0 radical (unpaired) electrons. The largest absolute Gasteiger partial charge is 0.448 e. The first-order chi connectivity index (χ1) is 8.79. The van der Waals surface area contributed by atoms with E-state index in [4.69, 9.17) is 9.47 Å². The molecule has 5 nitrogen and oxygen atoms in total. The van der Waals surface area contributed by atoms with Crippen molar-refractivity contribution in [3.8, 4) is 0 Å². The SMILES string of the molecule is CCC(=NC(=O)OCC1CCC1)N1CCOCC1. The van der Waals surface area contributed by atoms with Gasteiger partial charge >= 0.3 is 6.09 Å². The molecule has 1 aliphatic carbocycles. The fraction of sp³-hybridized carbons (Fsp3) is 0.846. The molecule has 0 N–H and O–H groups in total. The van der Waals surface area contributed by atoms with Gasteiger partial charge in [-0.1, -0.05) is 13.3 Å². The fourth-order valence-corrected chi connectivity index (χ4v) is 2.18. The van der Waals surface area contributed by atoms with E-state index in [1.807, 2.05) is 6.92 Å². The van der Waals surface area contributed by atoms with Crippen LogP contribution in [0.25, 0.3) is 0 Å². The highest BCUT2D eigenvalue weighted by atomic mass is 16.5. The Morgan fingerprint density at radius 1 is 1.39 bits per heavy atom. The molecule has 1 amide bonds. The van der Waals surface area contributed by atoms with Crippen LogP contribution in [0.2, 0.25) is 0 Å². The van der Waals surface area contributed by atoms with E-state index < -0.39 is 6.09 Å². The van der Waals surface area contributed by atoms with Crippen LogP contribution in [0.4, 0.5) is 4.79 Å². The van der Waals surface area contributed by atoms with Crippen molar-refractivity contribution in [2.24, 2.45) is 10.9 Å². The first-order valence-electron chi connectivity index (χ1n) is 6.86. The molecule has 1 aliphatic heterocycles. The predicted octanol–water partition coefficient (Wildman–Crippen LogP) is 2.06. The predicted molar refractivity (Wildman–Crippen MR) is 68.8 cm³/mol. The summed E-state index contributed by atoms with van der Waals surface area (Å²) in [5.41, 5.74) is 0. The fourth-order valence-electron chi connectivity index (χ4n) is 2.18. The lowest BCUT2D eigenvalue weighted by atomic mass is 9.86. The molecule has 2 rings (SSSR count). The molecule has 2 aliphatic rings. The molecular formula is C13H22N2O3. The van der Waals surface area contributed by atoms with E-state index in [2.05, 4.69) is 9.89 Å². The number of ether oxygens (including phenoxy) is 2. The Kier molecular flexibility index (Phi) is 4.99. The van der Waals surface area contributed by atoms with Crippen molar-refractivity contribution in [2.45, 2.75) is 32.6 Å². The van der Waals surface area contributed by atoms with Gasteiger partial charge in [0.05, 0.1) is 19.8 Å². The van der Waals surface area contributed by atoms with Crippen LogP contribution in [0.1, 0.15) is 32.6 Å². The van der Waals surface area contributed by atoms with Crippen LogP contribution >= 0.6 is 0 Å². The number of aliphatic imine (C=N–C) groups is 1. The molecule has 0 bridgehead atoms. The lowest BCUT2D eigenvalue weighted by Crippen LogP contribution is -2.40. The number of amidine groups is 1. The third-order valence-electron chi connectivity index (χ3n) is 3.58. The summed E-state index contributed by atoms with van der Waals surface area (Å²) in [7, 11) is 0. The van der Waals surface area contributed by atoms with Crippen molar-refractivity contribution < 1.29 is 14.3 Å². The van der Waals surface area contributed by atoms with Gasteiger partial charge in [-0.05, 0) is 18.8 Å². The van der Waals surface area contributed by atoms with E-state index in [9.17, 15) is 4.79 Å². The standard InChI is InChI=1S/C13H22N2O3/c1-2-12(15-6-8-17-9-7-15)14-13(16)18-10-11-4-3-5-11/h11H,2-10H2,1H3. The molecule has 0 spiro atoms. The minimum atomic E-state index is -0.440. The van der Waals surface area contributed by atoms with Gasteiger partial charge in [0.2, 0.25) is 0 Å². The highest BCUT2D eigenvalue weighted by Gasteiger charge is 2.20. The highest BCUT2D eigenvalue weighted by Crippen LogP contribution is 2.26. The Bertz CT molecular complexity index is 307. The zero-order chi connectivity index (χ0) is 12.8. The Hall–Kier alpha value is -1.10. The molecular weight excluding hydrogens is 232 g/mol. The smallest absolute Gasteiger partial charge is 0.435 e.